The second-order valence-corrected chi connectivity index (χ2v) is 7.64. The van der Waals surface area contributed by atoms with Gasteiger partial charge in [-0.25, -0.2) is 17.9 Å². The smallest absolute Gasteiger partial charge is 0.238 e. The fourth-order valence-corrected chi connectivity index (χ4v) is 3.50. The van der Waals surface area contributed by atoms with Gasteiger partial charge in [0.25, 0.3) is 0 Å². The molecular formula is C18H18FNO5S. The van der Waals surface area contributed by atoms with Gasteiger partial charge in [0.15, 0.2) is 5.78 Å². The van der Waals surface area contributed by atoms with Gasteiger partial charge >= 0.3 is 0 Å². The van der Waals surface area contributed by atoms with Crippen molar-refractivity contribution >= 4 is 15.8 Å². The highest BCUT2D eigenvalue weighted by Crippen LogP contribution is 2.39. The van der Waals surface area contributed by atoms with E-state index in [-0.39, 0.29) is 36.2 Å². The number of ether oxygens (including phenoxy) is 2. The largest absolute Gasteiger partial charge is 0.490 e. The van der Waals surface area contributed by atoms with E-state index in [1.165, 1.54) is 36.4 Å². The molecule has 0 aromatic heterocycles. The Morgan fingerprint density at radius 2 is 1.77 bits per heavy atom. The summed E-state index contributed by atoms with van der Waals surface area (Å²) in [6.45, 7) is 2.13. The highest BCUT2D eigenvalue weighted by molar-refractivity contribution is 7.89. The fraction of sp³-hybridized carbons (Fsp3) is 0.278. The Bertz CT molecular complexity index is 941. The molecule has 1 atom stereocenters. The minimum atomic E-state index is -3.74. The van der Waals surface area contributed by atoms with Crippen molar-refractivity contribution in [1.82, 2.24) is 0 Å². The summed E-state index contributed by atoms with van der Waals surface area (Å²) in [5.41, 5.74) is 0.724. The molecule has 2 aromatic carbocycles. The minimum absolute atomic E-state index is 0.00407. The number of rotatable bonds is 6. The number of benzene rings is 2. The van der Waals surface area contributed by atoms with Crippen LogP contribution in [0.5, 0.6) is 11.5 Å². The van der Waals surface area contributed by atoms with Crippen molar-refractivity contribution in [2.24, 2.45) is 5.14 Å². The summed E-state index contributed by atoms with van der Waals surface area (Å²) in [5, 5.41) is 5.03. The lowest BCUT2D eigenvalue weighted by atomic mass is 10.0. The first-order chi connectivity index (χ1) is 12.3. The molecule has 2 N–H and O–H groups in total. The van der Waals surface area contributed by atoms with Crippen molar-refractivity contribution in [3.8, 4) is 11.5 Å². The number of hydrogen-bond donors (Lipinski definition) is 1. The summed E-state index contributed by atoms with van der Waals surface area (Å²) in [6.07, 6.45) is 0.277. The van der Waals surface area contributed by atoms with Gasteiger partial charge in [-0.05, 0) is 42.3 Å². The number of Topliss-reactive ketones (excluding diaryl/α,β-unsaturated/α-hetero) is 1. The average molecular weight is 379 g/mol. The van der Waals surface area contributed by atoms with Crippen LogP contribution >= 0.6 is 0 Å². The van der Waals surface area contributed by atoms with E-state index < -0.39 is 15.8 Å². The van der Waals surface area contributed by atoms with Crippen LogP contribution < -0.4 is 14.6 Å². The summed E-state index contributed by atoms with van der Waals surface area (Å²) in [6, 6.07) is 8.42. The van der Waals surface area contributed by atoms with E-state index in [9.17, 15) is 17.6 Å². The summed E-state index contributed by atoms with van der Waals surface area (Å²) < 4.78 is 47.4. The molecule has 8 heteroatoms. The van der Waals surface area contributed by atoms with Crippen molar-refractivity contribution in [1.29, 1.82) is 0 Å². The first kappa shape index (κ1) is 18.3. The molecule has 1 aliphatic rings. The topological polar surface area (TPSA) is 95.7 Å². The maximum atomic E-state index is 13.9. The second-order valence-electron chi connectivity index (χ2n) is 6.08. The van der Waals surface area contributed by atoms with Crippen LogP contribution in [0.15, 0.2) is 41.3 Å². The Kier molecular flexibility index (Phi) is 4.97. The Morgan fingerprint density at radius 1 is 1.12 bits per heavy atom. The molecule has 2 aromatic rings. The molecule has 138 valence electrons. The fourth-order valence-electron chi connectivity index (χ4n) is 2.98. The predicted octanol–water partition coefficient (Wildman–Crippen LogP) is 2.62. The number of carbonyl (C=O) groups is 1. The Labute approximate surface area is 150 Å². The molecule has 0 amide bonds. The van der Waals surface area contributed by atoms with Crippen molar-refractivity contribution < 1.29 is 27.1 Å². The van der Waals surface area contributed by atoms with Crippen molar-refractivity contribution in [3.63, 3.8) is 0 Å². The molecule has 6 nitrogen and oxygen atoms in total. The van der Waals surface area contributed by atoms with Gasteiger partial charge in [-0.2, -0.15) is 0 Å². The van der Waals surface area contributed by atoms with Crippen LogP contribution in [0, 0.1) is 5.82 Å². The zero-order valence-corrected chi connectivity index (χ0v) is 14.9. The van der Waals surface area contributed by atoms with Crippen molar-refractivity contribution in [2.75, 3.05) is 13.2 Å². The van der Waals surface area contributed by atoms with Crippen LogP contribution in [-0.4, -0.2) is 27.4 Å². The zero-order chi connectivity index (χ0) is 18.9. The molecule has 0 fully saturated rings. The number of primary sulfonamides is 1. The normalized spacial score (nSPS) is 16.4. The van der Waals surface area contributed by atoms with Crippen LogP contribution in [0.1, 0.15) is 35.2 Å². The molecule has 0 unspecified atom stereocenters. The molecule has 0 bridgehead atoms. The average Bonchev–Trinajstić information content (AvgIpc) is 2.89. The summed E-state index contributed by atoms with van der Waals surface area (Å²) >= 11 is 0. The van der Waals surface area contributed by atoms with Gasteiger partial charge in [-0.15, -0.1) is 0 Å². The van der Waals surface area contributed by atoms with Gasteiger partial charge in [0, 0.05) is 12.0 Å². The Hall–Kier alpha value is -2.45. The first-order valence-corrected chi connectivity index (χ1v) is 9.56. The molecule has 26 heavy (non-hydrogen) atoms. The van der Waals surface area contributed by atoms with E-state index in [0.717, 1.165) is 0 Å². The number of fused-ring (bicyclic) bond motifs is 1. The summed E-state index contributed by atoms with van der Waals surface area (Å²) in [7, 11) is -3.74. The van der Waals surface area contributed by atoms with E-state index >= 15 is 0 Å². The molecule has 0 spiro atoms. The van der Waals surface area contributed by atoms with Gasteiger partial charge in [0.05, 0.1) is 10.5 Å². The van der Waals surface area contributed by atoms with E-state index in [1.807, 2.05) is 6.92 Å². The number of hydrogen-bond acceptors (Lipinski definition) is 5. The SMILES string of the molecule is C[C@H]1CC(=O)c2c(OCCOc3ccc(S(N)(=O)=O)cc3)ccc(F)c21. The van der Waals surface area contributed by atoms with Gasteiger partial charge in [-0.1, -0.05) is 6.92 Å². The van der Waals surface area contributed by atoms with Crippen LogP contribution in [0.25, 0.3) is 0 Å². The van der Waals surface area contributed by atoms with Crippen molar-refractivity contribution in [2.45, 2.75) is 24.2 Å². The maximum absolute atomic E-state index is 13.9. The van der Waals surface area contributed by atoms with Crippen LogP contribution in [0.4, 0.5) is 4.39 Å². The highest BCUT2D eigenvalue weighted by Gasteiger charge is 2.32. The molecule has 3 rings (SSSR count). The third kappa shape index (κ3) is 3.71. The van der Waals surface area contributed by atoms with Gasteiger partial charge in [0.1, 0.15) is 30.5 Å². The van der Waals surface area contributed by atoms with Gasteiger partial charge in [-0.3, -0.25) is 4.79 Å². The van der Waals surface area contributed by atoms with Crippen LogP contribution in [0.2, 0.25) is 0 Å². The maximum Gasteiger partial charge on any atom is 0.238 e. The summed E-state index contributed by atoms with van der Waals surface area (Å²) in [4.78, 5) is 12.1. The highest BCUT2D eigenvalue weighted by atomic mass is 32.2. The standard InChI is InChI=1S/C18H18FNO5S/c1-11-10-15(21)18-16(7-6-14(19)17(11)18)25-9-8-24-12-2-4-13(5-3-12)26(20,22)23/h2-7,11H,8-10H2,1H3,(H2,20,22,23)/t11-/m0/s1. The number of ketones is 1. The van der Waals surface area contributed by atoms with E-state index in [1.54, 1.807) is 0 Å². The zero-order valence-electron chi connectivity index (χ0n) is 14.1. The Morgan fingerprint density at radius 3 is 2.42 bits per heavy atom. The van der Waals surface area contributed by atoms with E-state index in [0.29, 0.717) is 22.6 Å². The minimum Gasteiger partial charge on any atom is -0.490 e. The molecular weight excluding hydrogens is 361 g/mol. The van der Waals surface area contributed by atoms with E-state index in [2.05, 4.69) is 0 Å². The van der Waals surface area contributed by atoms with Crippen LogP contribution in [0.3, 0.4) is 0 Å². The lowest BCUT2D eigenvalue weighted by Crippen LogP contribution is -2.13. The molecule has 0 saturated carbocycles. The summed E-state index contributed by atoms with van der Waals surface area (Å²) in [5.74, 6) is 0.131. The Balaban J connectivity index is 1.61. The second kappa shape index (κ2) is 7.05. The van der Waals surface area contributed by atoms with E-state index in [4.69, 9.17) is 14.6 Å². The van der Waals surface area contributed by atoms with Gasteiger partial charge < -0.3 is 9.47 Å². The number of nitrogens with two attached hydrogens (primary N) is 1. The predicted molar refractivity (Wildman–Crippen MR) is 92.6 cm³/mol. The molecule has 1 aliphatic carbocycles. The quantitative estimate of drug-likeness (QED) is 0.779. The molecule has 0 heterocycles. The van der Waals surface area contributed by atoms with Crippen molar-refractivity contribution in [3.05, 3.63) is 53.3 Å². The third-order valence-electron chi connectivity index (χ3n) is 4.18. The molecule has 0 aliphatic heterocycles. The lowest BCUT2D eigenvalue weighted by Gasteiger charge is -2.12. The first-order valence-electron chi connectivity index (χ1n) is 8.01. The van der Waals surface area contributed by atoms with Gasteiger partial charge in [0.2, 0.25) is 10.0 Å². The lowest BCUT2D eigenvalue weighted by molar-refractivity contribution is 0.0985. The number of halogens is 1. The molecule has 0 radical (unpaired) electrons. The van der Waals surface area contributed by atoms with Crippen LogP contribution in [-0.2, 0) is 10.0 Å². The third-order valence-corrected chi connectivity index (χ3v) is 5.11. The monoisotopic (exact) mass is 379 g/mol. The molecule has 0 saturated heterocycles. The number of sulfonamides is 1. The number of carbonyl (C=O) groups excluding carboxylic acids is 1.